The zero-order valence-electron chi connectivity index (χ0n) is 19.9. The van der Waals surface area contributed by atoms with Gasteiger partial charge in [0.1, 0.15) is 11.6 Å². The maximum atomic E-state index is 13.8. The topological polar surface area (TPSA) is 66.9 Å². The Hall–Kier alpha value is -2.86. The Morgan fingerprint density at radius 3 is 2.21 bits per heavy atom. The molecule has 2 aromatic carbocycles. The first kappa shape index (κ1) is 24.8. The SMILES string of the molecule is COC(=O)[C@H](C)N(Cc1ccc(Cl)cc1)C(=O)C1(C)CCN1C(=O)Cc1cc(C)cc(C)c1. The van der Waals surface area contributed by atoms with Crippen molar-refractivity contribution < 1.29 is 19.1 Å². The molecule has 0 N–H and O–H groups in total. The van der Waals surface area contributed by atoms with Crippen LogP contribution in [-0.2, 0) is 32.1 Å². The minimum atomic E-state index is -1.01. The number of nitrogens with zero attached hydrogens (tertiary/aromatic N) is 2. The number of aryl methyl sites for hydroxylation is 2. The molecule has 1 unspecified atom stereocenters. The van der Waals surface area contributed by atoms with Crippen molar-refractivity contribution in [1.29, 1.82) is 0 Å². The molecule has 0 saturated carbocycles. The molecule has 1 fully saturated rings. The molecule has 1 aliphatic rings. The summed E-state index contributed by atoms with van der Waals surface area (Å²) in [6.07, 6.45) is 0.768. The van der Waals surface area contributed by atoms with Crippen LogP contribution in [0.5, 0.6) is 0 Å². The van der Waals surface area contributed by atoms with Crippen LogP contribution in [0.2, 0.25) is 5.02 Å². The number of hydrogen-bond acceptors (Lipinski definition) is 4. The van der Waals surface area contributed by atoms with Crippen LogP contribution < -0.4 is 0 Å². The van der Waals surface area contributed by atoms with Crippen LogP contribution in [-0.4, -0.2) is 52.8 Å². The van der Waals surface area contributed by atoms with Gasteiger partial charge in [-0.25, -0.2) is 4.79 Å². The zero-order chi connectivity index (χ0) is 24.3. The lowest BCUT2D eigenvalue weighted by Gasteiger charge is -2.51. The number of rotatable bonds is 7. The van der Waals surface area contributed by atoms with Crippen LogP contribution in [0.4, 0.5) is 0 Å². The Bertz CT molecular complexity index is 1030. The molecular weight excluding hydrogens is 440 g/mol. The first-order valence-electron chi connectivity index (χ1n) is 11.1. The molecule has 0 aromatic heterocycles. The molecule has 1 aliphatic heterocycles. The lowest BCUT2D eigenvalue weighted by atomic mass is 9.83. The summed E-state index contributed by atoms with van der Waals surface area (Å²) in [5.74, 6) is -0.872. The van der Waals surface area contributed by atoms with Crippen molar-refractivity contribution >= 4 is 29.4 Å². The van der Waals surface area contributed by atoms with Gasteiger partial charge in [-0.2, -0.15) is 0 Å². The number of benzene rings is 2. The van der Waals surface area contributed by atoms with Gasteiger partial charge in [0.25, 0.3) is 0 Å². The number of esters is 1. The number of hydrogen-bond donors (Lipinski definition) is 0. The van der Waals surface area contributed by atoms with Gasteiger partial charge in [0, 0.05) is 18.1 Å². The van der Waals surface area contributed by atoms with Gasteiger partial charge in [-0.05, 0) is 57.4 Å². The maximum absolute atomic E-state index is 13.8. The van der Waals surface area contributed by atoms with Gasteiger partial charge < -0.3 is 14.5 Å². The molecule has 1 heterocycles. The highest BCUT2D eigenvalue weighted by Gasteiger charge is 2.52. The highest BCUT2D eigenvalue weighted by atomic mass is 35.5. The van der Waals surface area contributed by atoms with Crippen LogP contribution >= 0.6 is 11.6 Å². The summed E-state index contributed by atoms with van der Waals surface area (Å²) in [7, 11) is 1.30. The van der Waals surface area contributed by atoms with Crippen LogP contribution in [0.3, 0.4) is 0 Å². The van der Waals surface area contributed by atoms with E-state index in [0.29, 0.717) is 18.0 Å². The summed E-state index contributed by atoms with van der Waals surface area (Å²) in [5, 5.41) is 0.590. The molecule has 0 spiro atoms. The monoisotopic (exact) mass is 470 g/mol. The number of halogens is 1. The molecule has 0 radical (unpaired) electrons. The fourth-order valence-corrected chi connectivity index (χ4v) is 4.53. The van der Waals surface area contributed by atoms with Crippen molar-refractivity contribution in [3.63, 3.8) is 0 Å². The number of amides is 2. The largest absolute Gasteiger partial charge is 0.467 e. The Kier molecular flexibility index (Phi) is 7.48. The van der Waals surface area contributed by atoms with E-state index in [9.17, 15) is 14.4 Å². The van der Waals surface area contributed by atoms with Gasteiger partial charge in [-0.15, -0.1) is 0 Å². The normalized spacial score (nSPS) is 18.3. The average Bonchev–Trinajstić information content (AvgIpc) is 2.75. The van der Waals surface area contributed by atoms with E-state index in [0.717, 1.165) is 22.3 Å². The summed E-state index contributed by atoms with van der Waals surface area (Å²) in [6, 6.07) is 12.4. The molecule has 2 amide bonds. The molecule has 176 valence electrons. The summed E-state index contributed by atoms with van der Waals surface area (Å²) < 4.78 is 4.91. The van der Waals surface area contributed by atoms with Crippen LogP contribution in [0, 0.1) is 13.8 Å². The predicted octanol–water partition coefficient (Wildman–Crippen LogP) is 4.08. The standard InChI is InChI=1S/C26H31ClN2O4/c1-17-12-18(2)14-21(13-17)15-23(30)29-11-10-26(29,4)25(32)28(19(3)24(31)33-5)16-20-6-8-22(27)9-7-20/h6-9,12-14,19H,10-11,15-16H2,1-5H3/t19-,26?/m0/s1. The minimum Gasteiger partial charge on any atom is -0.467 e. The van der Waals surface area contributed by atoms with Gasteiger partial charge in [0.15, 0.2) is 0 Å². The van der Waals surface area contributed by atoms with Crippen molar-refractivity contribution in [3.05, 3.63) is 69.7 Å². The number of carbonyl (C=O) groups excluding carboxylic acids is 3. The molecule has 3 rings (SSSR count). The van der Waals surface area contributed by atoms with E-state index >= 15 is 0 Å². The fraction of sp³-hybridized carbons (Fsp3) is 0.423. The van der Waals surface area contributed by atoms with Gasteiger partial charge >= 0.3 is 5.97 Å². The summed E-state index contributed by atoms with van der Waals surface area (Å²) in [6.45, 7) is 8.14. The van der Waals surface area contributed by atoms with Gasteiger partial charge in [0.05, 0.1) is 13.5 Å². The fourth-order valence-electron chi connectivity index (χ4n) is 4.40. The van der Waals surface area contributed by atoms with E-state index in [-0.39, 0.29) is 24.8 Å². The first-order chi connectivity index (χ1) is 15.5. The summed E-state index contributed by atoms with van der Waals surface area (Å²) in [5.41, 5.74) is 2.95. The second-order valence-electron chi connectivity index (χ2n) is 9.00. The van der Waals surface area contributed by atoms with Crippen LogP contribution in [0.1, 0.15) is 42.5 Å². The van der Waals surface area contributed by atoms with Crippen molar-refractivity contribution in [2.24, 2.45) is 0 Å². The number of methoxy groups -OCH3 is 1. The molecular formula is C26H31ClN2O4. The Morgan fingerprint density at radius 2 is 1.70 bits per heavy atom. The molecule has 1 saturated heterocycles. The molecule has 0 aliphatic carbocycles. The Balaban J connectivity index is 1.83. The molecule has 2 aromatic rings. The minimum absolute atomic E-state index is 0.0979. The zero-order valence-corrected chi connectivity index (χ0v) is 20.6. The summed E-state index contributed by atoms with van der Waals surface area (Å²) in [4.78, 5) is 42.4. The van der Waals surface area contributed by atoms with Crippen LogP contribution in [0.15, 0.2) is 42.5 Å². The lowest BCUT2D eigenvalue weighted by molar-refractivity contribution is -0.169. The molecule has 7 heteroatoms. The second-order valence-corrected chi connectivity index (χ2v) is 9.44. The molecule has 33 heavy (non-hydrogen) atoms. The average molecular weight is 471 g/mol. The third kappa shape index (κ3) is 5.38. The Morgan fingerprint density at radius 1 is 1.09 bits per heavy atom. The first-order valence-corrected chi connectivity index (χ1v) is 11.4. The highest BCUT2D eigenvalue weighted by Crippen LogP contribution is 2.34. The van der Waals surface area contributed by atoms with E-state index in [4.69, 9.17) is 16.3 Å². The van der Waals surface area contributed by atoms with Gasteiger partial charge in [0.2, 0.25) is 11.8 Å². The second kappa shape index (κ2) is 9.96. The maximum Gasteiger partial charge on any atom is 0.328 e. The van der Waals surface area contributed by atoms with Crippen LogP contribution in [0.25, 0.3) is 0 Å². The highest BCUT2D eigenvalue weighted by molar-refractivity contribution is 6.30. The third-order valence-electron chi connectivity index (χ3n) is 6.35. The lowest BCUT2D eigenvalue weighted by Crippen LogP contribution is -2.69. The number of likely N-dealkylation sites (tertiary alicyclic amines) is 1. The molecule has 0 bridgehead atoms. The number of ether oxygens (including phenoxy) is 1. The predicted molar refractivity (Wildman–Crippen MR) is 128 cm³/mol. The van der Waals surface area contributed by atoms with Gasteiger partial charge in [-0.3, -0.25) is 9.59 Å². The Labute approximate surface area is 200 Å². The van der Waals surface area contributed by atoms with Crippen molar-refractivity contribution in [3.8, 4) is 0 Å². The summed E-state index contributed by atoms with van der Waals surface area (Å²) >= 11 is 5.99. The van der Waals surface area contributed by atoms with E-state index in [1.807, 2.05) is 38.1 Å². The third-order valence-corrected chi connectivity index (χ3v) is 6.61. The van der Waals surface area contributed by atoms with E-state index in [1.165, 1.54) is 12.0 Å². The van der Waals surface area contributed by atoms with Crippen molar-refractivity contribution in [2.75, 3.05) is 13.7 Å². The quantitative estimate of drug-likeness (QED) is 0.572. The van der Waals surface area contributed by atoms with Crippen molar-refractivity contribution in [1.82, 2.24) is 9.80 Å². The molecule has 2 atom stereocenters. The van der Waals surface area contributed by atoms with E-state index in [2.05, 4.69) is 6.07 Å². The van der Waals surface area contributed by atoms with Gasteiger partial charge in [-0.1, -0.05) is 53.1 Å². The van der Waals surface area contributed by atoms with Crippen molar-refractivity contribution in [2.45, 2.75) is 58.7 Å². The molecule has 6 nitrogen and oxygen atoms in total. The smallest absolute Gasteiger partial charge is 0.328 e. The number of carbonyl (C=O) groups is 3. The van der Waals surface area contributed by atoms with E-state index < -0.39 is 17.6 Å². The van der Waals surface area contributed by atoms with E-state index in [1.54, 1.807) is 30.9 Å².